The van der Waals surface area contributed by atoms with E-state index < -0.39 is 0 Å². The Labute approximate surface area is 131 Å². The van der Waals surface area contributed by atoms with Crippen molar-refractivity contribution in [3.63, 3.8) is 0 Å². The maximum Gasteiger partial charge on any atom is 0.254 e. The van der Waals surface area contributed by atoms with Crippen LogP contribution in [-0.4, -0.2) is 30.5 Å². The van der Waals surface area contributed by atoms with Crippen LogP contribution in [0.5, 0.6) is 0 Å². The SMILES string of the molecule is Cc1ccc(C(=O)N2CCOC(c3ccccc3)C2)c(C)c1. The molecule has 2 aromatic rings. The van der Waals surface area contributed by atoms with Gasteiger partial charge in [-0.05, 0) is 31.0 Å². The number of hydrogen-bond donors (Lipinski definition) is 0. The molecular weight excluding hydrogens is 274 g/mol. The van der Waals surface area contributed by atoms with Gasteiger partial charge in [0.15, 0.2) is 0 Å². The average Bonchev–Trinajstić information content (AvgIpc) is 2.55. The van der Waals surface area contributed by atoms with Crippen molar-refractivity contribution in [3.05, 3.63) is 70.8 Å². The molecule has 0 radical (unpaired) electrons. The Kier molecular flexibility index (Phi) is 4.25. The van der Waals surface area contributed by atoms with Crippen LogP contribution in [0.25, 0.3) is 0 Å². The summed E-state index contributed by atoms with van der Waals surface area (Å²) in [4.78, 5) is 14.7. The fourth-order valence-corrected chi connectivity index (χ4v) is 2.93. The molecule has 1 heterocycles. The van der Waals surface area contributed by atoms with E-state index in [4.69, 9.17) is 4.74 Å². The lowest BCUT2D eigenvalue weighted by Crippen LogP contribution is -2.42. The number of amides is 1. The molecule has 1 aliphatic heterocycles. The first-order valence-corrected chi connectivity index (χ1v) is 7.68. The fourth-order valence-electron chi connectivity index (χ4n) is 2.93. The minimum atomic E-state index is -0.0374. The van der Waals surface area contributed by atoms with Gasteiger partial charge in [-0.15, -0.1) is 0 Å². The topological polar surface area (TPSA) is 29.5 Å². The summed E-state index contributed by atoms with van der Waals surface area (Å²) in [5.74, 6) is 0.0988. The minimum Gasteiger partial charge on any atom is -0.370 e. The third kappa shape index (κ3) is 3.04. The van der Waals surface area contributed by atoms with E-state index in [1.165, 1.54) is 5.56 Å². The molecule has 1 aliphatic rings. The standard InChI is InChI=1S/C19H21NO2/c1-14-8-9-17(15(2)12-14)19(21)20-10-11-22-18(13-20)16-6-4-3-5-7-16/h3-9,12,18H,10-11,13H2,1-2H3. The predicted molar refractivity (Wildman–Crippen MR) is 87.0 cm³/mol. The summed E-state index contributed by atoms with van der Waals surface area (Å²) in [5.41, 5.74) is 4.13. The Morgan fingerprint density at radius 1 is 1.14 bits per heavy atom. The molecule has 0 N–H and O–H groups in total. The van der Waals surface area contributed by atoms with Gasteiger partial charge in [-0.3, -0.25) is 4.79 Å². The second-order valence-corrected chi connectivity index (χ2v) is 5.84. The first-order valence-electron chi connectivity index (χ1n) is 7.68. The first-order chi connectivity index (χ1) is 10.6. The normalized spacial score (nSPS) is 18.3. The second kappa shape index (κ2) is 6.32. The number of morpholine rings is 1. The van der Waals surface area contributed by atoms with E-state index in [9.17, 15) is 4.79 Å². The quantitative estimate of drug-likeness (QED) is 0.848. The van der Waals surface area contributed by atoms with Gasteiger partial charge in [0.25, 0.3) is 5.91 Å². The highest BCUT2D eigenvalue weighted by Crippen LogP contribution is 2.23. The van der Waals surface area contributed by atoms with Gasteiger partial charge in [-0.1, -0.05) is 48.0 Å². The highest BCUT2D eigenvalue weighted by Gasteiger charge is 2.26. The molecule has 0 aromatic heterocycles. The molecule has 3 nitrogen and oxygen atoms in total. The number of carbonyl (C=O) groups excluding carboxylic acids is 1. The van der Waals surface area contributed by atoms with Gasteiger partial charge in [-0.2, -0.15) is 0 Å². The van der Waals surface area contributed by atoms with Crippen molar-refractivity contribution in [2.75, 3.05) is 19.7 Å². The second-order valence-electron chi connectivity index (χ2n) is 5.84. The van der Waals surface area contributed by atoms with Gasteiger partial charge >= 0.3 is 0 Å². The van der Waals surface area contributed by atoms with E-state index in [2.05, 4.69) is 18.2 Å². The van der Waals surface area contributed by atoms with Crippen molar-refractivity contribution < 1.29 is 9.53 Å². The minimum absolute atomic E-state index is 0.0374. The van der Waals surface area contributed by atoms with Crippen molar-refractivity contribution in [3.8, 4) is 0 Å². The lowest BCUT2D eigenvalue weighted by atomic mass is 10.0. The highest BCUT2D eigenvalue weighted by molar-refractivity contribution is 5.95. The molecule has 1 amide bonds. The molecule has 0 saturated carbocycles. The maximum absolute atomic E-state index is 12.8. The van der Waals surface area contributed by atoms with E-state index >= 15 is 0 Å². The maximum atomic E-state index is 12.8. The van der Waals surface area contributed by atoms with Gasteiger partial charge in [-0.25, -0.2) is 0 Å². The molecule has 0 bridgehead atoms. The van der Waals surface area contributed by atoms with Crippen LogP contribution in [0.3, 0.4) is 0 Å². The molecule has 1 saturated heterocycles. The molecule has 0 aliphatic carbocycles. The molecule has 3 heteroatoms. The van der Waals surface area contributed by atoms with Crippen LogP contribution < -0.4 is 0 Å². The van der Waals surface area contributed by atoms with E-state index in [0.717, 1.165) is 16.7 Å². The Hall–Kier alpha value is -2.13. The van der Waals surface area contributed by atoms with Crippen molar-refractivity contribution in [1.82, 2.24) is 4.90 Å². The largest absolute Gasteiger partial charge is 0.370 e. The van der Waals surface area contributed by atoms with Crippen LogP contribution in [-0.2, 0) is 4.74 Å². The lowest BCUT2D eigenvalue weighted by molar-refractivity contribution is -0.0228. The van der Waals surface area contributed by atoms with Gasteiger partial charge in [0, 0.05) is 12.1 Å². The Bertz CT molecular complexity index is 666. The number of benzene rings is 2. The van der Waals surface area contributed by atoms with Crippen LogP contribution in [0.2, 0.25) is 0 Å². The van der Waals surface area contributed by atoms with Crippen LogP contribution in [0, 0.1) is 13.8 Å². The van der Waals surface area contributed by atoms with Crippen LogP contribution in [0.15, 0.2) is 48.5 Å². The molecular formula is C19H21NO2. The number of carbonyl (C=O) groups is 1. The molecule has 1 fully saturated rings. The zero-order valence-electron chi connectivity index (χ0n) is 13.1. The molecule has 114 valence electrons. The van der Waals surface area contributed by atoms with Crippen molar-refractivity contribution in [2.24, 2.45) is 0 Å². The number of hydrogen-bond acceptors (Lipinski definition) is 2. The zero-order chi connectivity index (χ0) is 15.5. The van der Waals surface area contributed by atoms with Crippen molar-refractivity contribution in [1.29, 1.82) is 0 Å². The molecule has 0 spiro atoms. The summed E-state index contributed by atoms with van der Waals surface area (Å²) in [7, 11) is 0. The van der Waals surface area contributed by atoms with E-state index in [-0.39, 0.29) is 12.0 Å². The number of ether oxygens (including phenoxy) is 1. The van der Waals surface area contributed by atoms with Gasteiger partial charge in [0.2, 0.25) is 0 Å². The van der Waals surface area contributed by atoms with Gasteiger partial charge in [0.1, 0.15) is 6.10 Å². The monoisotopic (exact) mass is 295 g/mol. The lowest BCUT2D eigenvalue weighted by Gasteiger charge is -2.33. The number of aryl methyl sites for hydroxylation is 2. The average molecular weight is 295 g/mol. The Morgan fingerprint density at radius 2 is 1.91 bits per heavy atom. The summed E-state index contributed by atoms with van der Waals surface area (Å²) < 4.78 is 5.84. The van der Waals surface area contributed by atoms with Crippen molar-refractivity contribution >= 4 is 5.91 Å². The highest BCUT2D eigenvalue weighted by atomic mass is 16.5. The number of rotatable bonds is 2. The van der Waals surface area contributed by atoms with Gasteiger partial charge in [0.05, 0.1) is 13.2 Å². The third-order valence-corrected chi connectivity index (χ3v) is 4.14. The molecule has 1 unspecified atom stereocenters. The number of nitrogens with zero attached hydrogens (tertiary/aromatic N) is 1. The van der Waals surface area contributed by atoms with Gasteiger partial charge < -0.3 is 9.64 Å². The first kappa shape index (κ1) is 14.8. The molecule has 22 heavy (non-hydrogen) atoms. The van der Waals surface area contributed by atoms with E-state index in [1.54, 1.807) is 0 Å². The Balaban J connectivity index is 1.78. The van der Waals surface area contributed by atoms with E-state index in [1.807, 2.05) is 49.1 Å². The fraction of sp³-hybridized carbons (Fsp3) is 0.316. The van der Waals surface area contributed by atoms with Crippen LogP contribution in [0.4, 0.5) is 0 Å². The summed E-state index contributed by atoms with van der Waals surface area (Å²) >= 11 is 0. The smallest absolute Gasteiger partial charge is 0.254 e. The van der Waals surface area contributed by atoms with E-state index in [0.29, 0.717) is 19.7 Å². The zero-order valence-corrected chi connectivity index (χ0v) is 13.1. The van der Waals surface area contributed by atoms with Crippen LogP contribution >= 0.6 is 0 Å². The summed E-state index contributed by atoms with van der Waals surface area (Å²) in [6, 6.07) is 16.1. The van der Waals surface area contributed by atoms with Crippen LogP contribution in [0.1, 0.15) is 33.2 Å². The summed E-state index contributed by atoms with van der Waals surface area (Å²) in [6.07, 6.45) is -0.0374. The predicted octanol–water partition coefficient (Wildman–Crippen LogP) is 3.52. The van der Waals surface area contributed by atoms with Crippen molar-refractivity contribution in [2.45, 2.75) is 20.0 Å². The molecule has 2 aromatic carbocycles. The third-order valence-electron chi connectivity index (χ3n) is 4.14. The Morgan fingerprint density at radius 3 is 2.64 bits per heavy atom. The molecule has 3 rings (SSSR count). The summed E-state index contributed by atoms with van der Waals surface area (Å²) in [6.45, 7) is 5.87. The molecule has 1 atom stereocenters. The summed E-state index contributed by atoms with van der Waals surface area (Å²) in [5, 5.41) is 0.